The fourth-order valence-electron chi connectivity index (χ4n) is 6.08. The number of carbonyl (C=O) groups is 3. The lowest BCUT2D eigenvalue weighted by atomic mass is 10.0. The van der Waals surface area contributed by atoms with Gasteiger partial charge in [-0.15, -0.1) is 0 Å². The molecule has 2 heterocycles. The zero-order chi connectivity index (χ0) is 33.7. The largest absolute Gasteiger partial charge is 0.356 e. The average molecular weight is 667 g/mol. The monoisotopic (exact) mass is 666 g/mol. The molecule has 11 nitrogen and oxygen atoms in total. The van der Waals surface area contributed by atoms with E-state index in [0.29, 0.717) is 39.1 Å². The zero-order valence-electron chi connectivity index (χ0n) is 26.1. The number of rotatable bonds is 10. The van der Waals surface area contributed by atoms with E-state index in [-0.39, 0.29) is 36.4 Å². The number of nitrogens with zero attached hydrogens (tertiary/aromatic N) is 4. The number of fused-ring (bicyclic) bond motifs is 2. The fourth-order valence-corrected chi connectivity index (χ4v) is 7.01. The van der Waals surface area contributed by atoms with Crippen molar-refractivity contribution in [2.75, 3.05) is 36.0 Å². The molecule has 0 unspecified atom stereocenters. The van der Waals surface area contributed by atoms with Crippen molar-refractivity contribution in [3.05, 3.63) is 113 Å². The molecule has 1 fully saturated rings. The molecule has 244 valence electrons. The summed E-state index contributed by atoms with van der Waals surface area (Å²) in [6.07, 6.45) is 2.79. The summed E-state index contributed by atoms with van der Waals surface area (Å²) in [4.78, 5) is 40.4. The van der Waals surface area contributed by atoms with E-state index in [9.17, 15) is 27.2 Å². The average Bonchev–Trinajstić information content (AvgIpc) is 3.81. The number of aromatic nitrogens is 2. The Hall–Kier alpha value is -5.56. The smallest absolute Gasteiger partial charge is 0.270 e. The summed E-state index contributed by atoms with van der Waals surface area (Å²) in [5.74, 6) is -1.56. The van der Waals surface area contributed by atoms with Crippen molar-refractivity contribution in [2.45, 2.75) is 18.8 Å². The molecule has 1 aliphatic carbocycles. The maximum absolute atomic E-state index is 13.3. The number of carbonyl (C=O) groups excluding carboxylic acids is 3. The van der Waals surface area contributed by atoms with Crippen LogP contribution in [0.25, 0.3) is 16.6 Å². The molecular formula is C35H31FN6O5S. The summed E-state index contributed by atoms with van der Waals surface area (Å²) in [5, 5.41) is 11.2. The van der Waals surface area contributed by atoms with Crippen LogP contribution in [-0.2, 0) is 10.0 Å². The molecule has 0 spiro atoms. The molecule has 2 N–H and O–H groups in total. The van der Waals surface area contributed by atoms with Gasteiger partial charge in [-0.2, -0.15) is 5.10 Å². The predicted octanol–water partition coefficient (Wildman–Crippen LogP) is 5.21. The SMILES string of the molecule is CNC(=O)c1c2cc(C3CC3)c(N(CCN3C(=O)c4ccccc4C3=O)S(C)(=O)=O)cc2nn1-c1ccc(Nc2ccc(F)cc2)cc1. The molecule has 0 radical (unpaired) electrons. The number of nitrogens with one attached hydrogen (secondary N) is 2. The highest BCUT2D eigenvalue weighted by molar-refractivity contribution is 7.92. The van der Waals surface area contributed by atoms with Crippen LogP contribution in [0.4, 0.5) is 21.5 Å². The molecule has 3 amide bonds. The van der Waals surface area contributed by atoms with Crippen LogP contribution in [0.2, 0.25) is 0 Å². The molecule has 48 heavy (non-hydrogen) atoms. The minimum Gasteiger partial charge on any atom is -0.356 e. The molecular weight excluding hydrogens is 635 g/mol. The number of anilines is 3. The number of halogens is 1. The maximum Gasteiger partial charge on any atom is 0.270 e. The lowest BCUT2D eigenvalue weighted by molar-refractivity contribution is 0.0658. The van der Waals surface area contributed by atoms with Crippen LogP contribution in [0.3, 0.4) is 0 Å². The van der Waals surface area contributed by atoms with Crippen molar-refractivity contribution in [3.8, 4) is 5.69 Å². The van der Waals surface area contributed by atoms with Gasteiger partial charge in [0.1, 0.15) is 11.5 Å². The molecule has 0 bridgehead atoms. The van der Waals surface area contributed by atoms with Gasteiger partial charge in [0.05, 0.1) is 40.8 Å². The summed E-state index contributed by atoms with van der Waals surface area (Å²) in [6, 6.07) is 23.2. The third-order valence-electron chi connectivity index (χ3n) is 8.60. The Bertz CT molecular complexity index is 2180. The second kappa shape index (κ2) is 11.9. The topological polar surface area (TPSA) is 134 Å². The number of benzene rings is 4. The zero-order valence-corrected chi connectivity index (χ0v) is 26.9. The Morgan fingerprint density at radius 3 is 2.10 bits per heavy atom. The summed E-state index contributed by atoms with van der Waals surface area (Å²) >= 11 is 0. The van der Waals surface area contributed by atoms with Crippen molar-refractivity contribution in [3.63, 3.8) is 0 Å². The van der Waals surface area contributed by atoms with E-state index in [2.05, 4.69) is 10.6 Å². The fraction of sp³-hybridized carbons (Fsp3) is 0.200. The standard InChI is InChI=1S/C35H31FN6O5S/c1-37-33(43)32-29-19-28(21-7-8-21)31(41(48(2,46)47)18-17-40-34(44)26-5-3-4-6-27(26)35(40)45)20-30(29)39-42(32)25-15-13-24(14-16-25)38-23-11-9-22(36)10-12-23/h3-6,9-16,19-21,38H,7-8,17-18H2,1-2H3,(H,37,43). The normalized spacial score (nSPS) is 14.4. The van der Waals surface area contributed by atoms with Crippen LogP contribution < -0.4 is 14.9 Å². The lowest BCUT2D eigenvalue weighted by Gasteiger charge is -2.27. The molecule has 1 aromatic heterocycles. The highest BCUT2D eigenvalue weighted by Gasteiger charge is 2.37. The maximum atomic E-state index is 13.3. The molecule has 0 atom stereocenters. The predicted molar refractivity (Wildman–Crippen MR) is 180 cm³/mol. The molecule has 1 aliphatic heterocycles. The Balaban J connectivity index is 1.26. The van der Waals surface area contributed by atoms with Crippen LogP contribution in [-0.4, -0.2) is 67.2 Å². The molecule has 0 saturated heterocycles. The summed E-state index contributed by atoms with van der Waals surface area (Å²) in [5.41, 5.74) is 4.46. The van der Waals surface area contributed by atoms with Gasteiger partial charge in [-0.25, -0.2) is 17.5 Å². The second-order valence-corrected chi connectivity index (χ2v) is 13.8. The Labute approximate surface area is 276 Å². The van der Waals surface area contributed by atoms with E-state index in [1.807, 2.05) is 18.2 Å². The van der Waals surface area contributed by atoms with E-state index in [1.54, 1.807) is 54.6 Å². The molecule has 5 aromatic rings. The first-order valence-corrected chi connectivity index (χ1v) is 17.2. The van der Waals surface area contributed by atoms with Crippen molar-refractivity contribution in [1.82, 2.24) is 20.0 Å². The lowest BCUT2D eigenvalue weighted by Crippen LogP contribution is -2.41. The van der Waals surface area contributed by atoms with Gasteiger partial charge in [-0.1, -0.05) is 12.1 Å². The third-order valence-corrected chi connectivity index (χ3v) is 9.78. The highest BCUT2D eigenvalue weighted by Crippen LogP contribution is 2.46. The van der Waals surface area contributed by atoms with Gasteiger partial charge in [0, 0.05) is 30.4 Å². The first-order chi connectivity index (χ1) is 23.0. The van der Waals surface area contributed by atoms with Crippen molar-refractivity contribution < 1.29 is 27.2 Å². The Morgan fingerprint density at radius 2 is 1.54 bits per heavy atom. The van der Waals surface area contributed by atoms with Gasteiger partial charge in [0.15, 0.2) is 0 Å². The van der Waals surface area contributed by atoms with Gasteiger partial charge in [-0.05, 0) is 97.1 Å². The second-order valence-electron chi connectivity index (χ2n) is 11.9. The van der Waals surface area contributed by atoms with Gasteiger partial charge in [0.2, 0.25) is 10.0 Å². The Kier molecular flexibility index (Phi) is 7.71. The highest BCUT2D eigenvalue weighted by atomic mass is 32.2. The summed E-state index contributed by atoms with van der Waals surface area (Å²) in [6.45, 7) is -0.293. The molecule has 13 heteroatoms. The summed E-state index contributed by atoms with van der Waals surface area (Å²) in [7, 11) is -2.35. The van der Waals surface area contributed by atoms with Crippen LogP contribution in [0.1, 0.15) is 55.5 Å². The van der Waals surface area contributed by atoms with Gasteiger partial charge in [0.25, 0.3) is 17.7 Å². The van der Waals surface area contributed by atoms with E-state index < -0.39 is 21.8 Å². The van der Waals surface area contributed by atoms with Crippen molar-refractivity contribution >= 4 is 55.7 Å². The molecule has 1 saturated carbocycles. The number of imide groups is 1. The van der Waals surface area contributed by atoms with Crippen LogP contribution in [0.15, 0.2) is 84.9 Å². The van der Waals surface area contributed by atoms with Gasteiger partial charge >= 0.3 is 0 Å². The molecule has 7 rings (SSSR count). The Morgan fingerprint density at radius 1 is 0.938 bits per heavy atom. The third kappa shape index (κ3) is 5.66. The first-order valence-electron chi connectivity index (χ1n) is 15.4. The first kappa shape index (κ1) is 31.1. The minimum absolute atomic E-state index is 0.0747. The van der Waals surface area contributed by atoms with Crippen LogP contribution in [0.5, 0.6) is 0 Å². The number of amides is 3. The van der Waals surface area contributed by atoms with E-state index >= 15 is 0 Å². The number of sulfonamides is 1. The number of hydrogen-bond donors (Lipinski definition) is 2. The van der Waals surface area contributed by atoms with Gasteiger partial charge < -0.3 is 10.6 Å². The van der Waals surface area contributed by atoms with E-state index in [0.717, 1.165) is 35.2 Å². The molecule has 4 aromatic carbocycles. The van der Waals surface area contributed by atoms with Crippen molar-refractivity contribution in [2.24, 2.45) is 0 Å². The van der Waals surface area contributed by atoms with Crippen molar-refractivity contribution in [1.29, 1.82) is 0 Å². The molecule has 2 aliphatic rings. The minimum atomic E-state index is -3.88. The van der Waals surface area contributed by atoms with E-state index in [4.69, 9.17) is 5.10 Å². The van der Waals surface area contributed by atoms with E-state index in [1.165, 1.54) is 28.2 Å². The quantitative estimate of drug-likeness (QED) is 0.196. The van der Waals surface area contributed by atoms with Gasteiger partial charge in [-0.3, -0.25) is 23.6 Å². The van der Waals surface area contributed by atoms with Crippen LogP contribution in [0, 0.1) is 5.82 Å². The summed E-state index contributed by atoms with van der Waals surface area (Å²) < 4.78 is 42.7. The number of hydrogen-bond acceptors (Lipinski definition) is 7. The van der Waals surface area contributed by atoms with Crippen LogP contribution >= 0.6 is 0 Å².